The van der Waals surface area contributed by atoms with Crippen LogP contribution in [0.1, 0.15) is 45.0 Å². The van der Waals surface area contributed by atoms with Crippen molar-refractivity contribution in [2.75, 3.05) is 27.2 Å². The lowest BCUT2D eigenvalue weighted by atomic mass is 10.1. The number of amides is 2. The number of nitrogens with one attached hydrogen (secondary N) is 2. The van der Waals surface area contributed by atoms with Crippen LogP contribution in [-0.4, -0.2) is 70.0 Å². The number of carbonyl (C=O) groups is 2. The average molecular weight is 503 g/mol. The van der Waals surface area contributed by atoms with Gasteiger partial charge in [-0.2, -0.15) is 5.10 Å². The Kier molecular flexibility index (Phi) is 7.11. The van der Waals surface area contributed by atoms with E-state index in [1.165, 1.54) is 11.3 Å². The summed E-state index contributed by atoms with van der Waals surface area (Å²) in [7, 11) is 4.04. The number of carbonyl (C=O) groups excluding carboxylic acids is 2. The summed E-state index contributed by atoms with van der Waals surface area (Å²) in [5.41, 5.74) is 4.42. The van der Waals surface area contributed by atoms with Crippen LogP contribution >= 0.6 is 11.3 Å². The molecule has 0 bridgehead atoms. The number of nitrogens with zero attached hydrogens (tertiary/aromatic N) is 4. The quantitative estimate of drug-likeness (QED) is 0.318. The van der Waals surface area contributed by atoms with E-state index in [1.54, 1.807) is 6.20 Å². The maximum Gasteiger partial charge on any atom is 0.283 e. The van der Waals surface area contributed by atoms with E-state index in [0.29, 0.717) is 23.7 Å². The van der Waals surface area contributed by atoms with Crippen molar-refractivity contribution in [3.63, 3.8) is 0 Å². The summed E-state index contributed by atoms with van der Waals surface area (Å²) >= 11 is 1.42. The molecule has 2 N–H and O–H groups in total. The predicted molar refractivity (Wildman–Crippen MR) is 142 cm³/mol. The molecule has 2 aromatic heterocycles. The summed E-state index contributed by atoms with van der Waals surface area (Å²) in [6.45, 7) is 2.02. The van der Waals surface area contributed by atoms with Crippen LogP contribution in [0.4, 0.5) is 0 Å². The van der Waals surface area contributed by atoms with E-state index in [0.717, 1.165) is 52.7 Å². The third-order valence-electron chi connectivity index (χ3n) is 6.26. The van der Waals surface area contributed by atoms with E-state index in [4.69, 9.17) is 0 Å². The highest BCUT2D eigenvalue weighted by atomic mass is 32.1. The number of hydrogen-bond acceptors (Lipinski definition) is 6. The third kappa shape index (κ3) is 5.63. The van der Waals surface area contributed by atoms with E-state index >= 15 is 0 Å². The molecule has 186 valence electrons. The lowest BCUT2D eigenvalue weighted by molar-refractivity contribution is 0.0729. The van der Waals surface area contributed by atoms with Gasteiger partial charge in [0, 0.05) is 36.5 Å². The van der Waals surface area contributed by atoms with Gasteiger partial charge in [-0.25, -0.2) is 4.98 Å². The van der Waals surface area contributed by atoms with Crippen molar-refractivity contribution in [1.29, 1.82) is 0 Å². The van der Waals surface area contributed by atoms with E-state index < -0.39 is 0 Å². The van der Waals surface area contributed by atoms with Crippen LogP contribution in [0, 0.1) is 0 Å². The summed E-state index contributed by atoms with van der Waals surface area (Å²) in [4.78, 5) is 34.8. The molecular weight excluding hydrogens is 472 g/mol. The Morgan fingerprint density at radius 3 is 2.75 bits per heavy atom. The molecule has 1 saturated carbocycles. The normalized spacial score (nSPS) is 13.3. The summed E-state index contributed by atoms with van der Waals surface area (Å²) in [5.74, 6) is -0.137. The molecule has 2 heterocycles. The Labute approximate surface area is 214 Å². The zero-order chi connectivity index (χ0) is 25.1. The Hall–Kier alpha value is -3.56. The monoisotopic (exact) mass is 502 g/mol. The van der Waals surface area contributed by atoms with Gasteiger partial charge in [0.05, 0.1) is 16.4 Å². The molecule has 0 saturated heterocycles. The first-order valence-corrected chi connectivity index (χ1v) is 13.0. The number of H-pyrrole nitrogens is 1. The number of benzene rings is 2. The van der Waals surface area contributed by atoms with Gasteiger partial charge in [0.2, 0.25) is 0 Å². The van der Waals surface area contributed by atoms with Gasteiger partial charge < -0.3 is 15.1 Å². The van der Waals surface area contributed by atoms with Crippen molar-refractivity contribution in [1.82, 2.24) is 30.3 Å². The standard InChI is InChI=1S/C27H30N6O2S/c1-32(2)12-4-11-28-25(34)20-6-3-5-18(13-20)17-33(22-8-9-22)27(35)26-31-23-10-7-19(14-24(23)36-26)21-15-29-30-16-21/h3,5-7,10,13-16,22H,4,8-9,11-12,17H2,1-2H3,(H,28,34)(H,29,30). The fourth-order valence-electron chi connectivity index (χ4n) is 4.19. The summed E-state index contributed by atoms with van der Waals surface area (Å²) < 4.78 is 0.973. The van der Waals surface area contributed by atoms with Crippen LogP contribution in [0.25, 0.3) is 21.3 Å². The van der Waals surface area contributed by atoms with Gasteiger partial charge in [-0.05, 0) is 75.3 Å². The zero-order valence-electron chi connectivity index (χ0n) is 20.5. The van der Waals surface area contributed by atoms with Crippen LogP contribution in [-0.2, 0) is 6.54 Å². The maximum atomic E-state index is 13.5. The summed E-state index contributed by atoms with van der Waals surface area (Å²) in [6, 6.07) is 13.8. The van der Waals surface area contributed by atoms with Crippen molar-refractivity contribution in [3.8, 4) is 11.1 Å². The lowest BCUT2D eigenvalue weighted by Crippen LogP contribution is -2.32. The van der Waals surface area contributed by atoms with Gasteiger partial charge in [-0.3, -0.25) is 14.7 Å². The first-order chi connectivity index (χ1) is 17.5. The maximum absolute atomic E-state index is 13.5. The number of aromatic amines is 1. The largest absolute Gasteiger partial charge is 0.352 e. The van der Waals surface area contributed by atoms with Crippen LogP contribution < -0.4 is 5.32 Å². The predicted octanol–water partition coefficient (Wildman–Crippen LogP) is 4.17. The Bertz CT molecular complexity index is 1360. The average Bonchev–Trinajstić information content (AvgIpc) is 3.38. The van der Waals surface area contributed by atoms with Gasteiger partial charge in [0.25, 0.3) is 11.8 Å². The molecule has 36 heavy (non-hydrogen) atoms. The second-order valence-corrected chi connectivity index (χ2v) is 10.5. The van der Waals surface area contributed by atoms with Crippen molar-refractivity contribution in [2.45, 2.75) is 31.8 Å². The van der Waals surface area contributed by atoms with Gasteiger partial charge >= 0.3 is 0 Å². The van der Waals surface area contributed by atoms with E-state index in [-0.39, 0.29) is 17.9 Å². The van der Waals surface area contributed by atoms with E-state index in [9.17, 15) is 9.59 Å². The molecule has 2 aromatic carbocycles. The van der Waals surface area contributed by atoms with Crippen LogP contribution in [0.2, 0.25) is 0 Å². The van der Waals surface area contributed by atoms with Gasteiger partial charge in [0.1, 0.15) is 0 Å². The molecular formula is C27H30N6O2S. The van der Waals surface area contributed by atoms with Crippen molar-refractivity contribution in [3.05, 3.63) is 71.0 Å². The summed E-state index contributed by atoms with van der Waals surface area (Å²) in [5, 5.41) is 10.3. The van der Waals surface area contributed by atoms with Crippen LogP contribution in [0.15, 0.2) is 54.9 Å². The fourth-order valence-corrected chi connectivity index (χ4v) is 5.15. The third-order valence-corrected chi connectivity index (χ3v) is 7.27. The molecule has 1 fully saturated rings. The number of hydrogen-bond donors (Lipinski definition) is 2. The Balaban J connectivity index is 1.30. The molecule has 0 radical (unpaired) electrons. The Morgan fingerprint density at radius 2 is 2.00 bits per heavy atom. The summed E-state index contributed by atoms with van der Waals surface area (Å²) in [6.07, 6.45) is 6.51. The number of thiazole rings is 1. The molecule has 0 atom stereocenters. The highest BCUT2D eigenvalue weighted by Gasteiger charge is 2.34. The topological polar surface area (TPSA) is 94.2 Å². The minimum Gasteiger partial charge on any atom is -0.352 e. The molecule has 0 aliphatic heterocycles. The van der Waals surface area contributed by atoms with Gasteiger partial charge in [-0.15, -0.1) is 11.3 Å². The highest BCUT2D eigenvalue weighted by Crippen LogP contribution is 2.33. The Morgan fingerprint density at radius 1 is 1.14 bits per heavy atom. The zero-order valence-corrected chi connectivity index (χ0v) is 21.3. The van der Waals surface area contributed by atoms with E-state index in [1.807, 2.05) is 61.6 Å². The first-order valence-electron chi connectivity index (χ1n) is 12.2. The minimum atomic E-state index is -0.0838. The SMILES string of the molecule is CN(C)CCCNC(=O)c1cccc(CN(C(=O)c2nc3ccc(-c4cn[nH]c4)cc3s2)C2CC2)c1. The fraction of sp³-hybridized carbons (Fsp3) is 0.333. The molecule has 8 nitrogen and oxygen atoms in total. The highest BCUT2D eigenvalue weighted by molar-refractivity contribution is 7.20. The number of fused-ring (bicyclic) bond motifs is 1. The molecule has 9 heteroatoms. The van der Waals surface area contributed by atoms with Crippen molar-refractivity contribution >= 4 is 33.4 Å². The molecule has 2 amide bonds. The smallest absolute Gasteiger partial charge is 0.283 e. The van der Waals surface area contributed by atoms with Crippen LogP contribution in [0.3, 0.4) is 0 Å². The molecule has 1 aliphatic rings. The van der Waals surface area contributed by atoms with Crippen molar-refractivity contribution in [2.24, 2.45) is 0 Å². The molecule has 5 rings (SSSR count). The van der Waals surface area contributed by atoms with E-state index in [2.05, 4.69) is 31.5 Å². The van der Waals surface area contributed by atoms with Gasteiger partial charge in [0.15, 0.2) is 5.01 Å². The van der Waals surface area contributed by atoms with Crippen LogP contribution in [0.5, 0.6) is 0 Å². The molecule has 0 unspecified atom stereocenters. The van der Waals surface area contributed by atoms with Gasteiger partial charge in [-0.1, -0.05) is 18.2 Å². The number of rotatable bonds is 10. The molecule has 4 aromatic rings. The second-order valence-electron chi connectivity index (χ2n) is 9.47. The lowest BCUT2D eigenvalue weighted by Gasteiger charge is -2.21. The number of aromatic nitrogens is 3. The molecule has 0 spiro atoms. The second kappa shape index (κ2) is 10.6. The van der Waals surface area contributed by atoms with Crippen molar-refractivity contribution < 1.29 is 9.59 Å². The molecule has 1 aliphatic carbocycles. The minimum absolute atomic E-state index is 0.0536. The first kappa shape index (κ1) is 24.1.